The van der Waals surface area contributed by atoms with Crippen molar-refractivity contribution in [3.8, 4) is 0 Å². The molecule has 2 heterocycles. The zero-order valence-corrected chi connectivity index (χ0v) is 19.0. The van der Waals surface area contributed by atoms with Gasteiger partial charge in [-0.15, -0.1) is 10.2 Å². The monoisotopic (exact) mass is 477 g/mol. The summed E-state index contributed by atoms with van der Waals surface area (Å²) in [7, 11) is -3.79. The summed E-state index contributed by atoms with van der Waals surface area (Å²) in [4.78, 5) is 14.5. The van der Waals surface area contributed by atoms with Crippen LogP contribution in [0.25, 0.3) is 0 Å². The normalized spacial score (nSPS) is 15.1. The largest absolute Gasteiger partial charge is 0.369 e. The number of carbonyl (C=O) groups excluding carboxylic acids is 1. The van der Waals surface area contributed by atoms with Gasteiger partial charge in [0.05, 0.1) is 0 Å². The van der Waals surface area contributed by atoms with E-state index in [1.807, 2.05) is 31.2 Å². The number of piperazine rings is 1. The van der Waals surface area contributed by atoms with Crippen LogP contribution in [0, 0.1) is 6.92 Å². The fourth-order valence-electron chi connectivity index (χ4n) is 3.29. The Balaban J connectivity index is 1.42. The second-order valence-corrected chi connectivity index (χ2v) is 10.6. The van der Waals surface area contributed by atoms with Crippen molar-refractivity contribution in [3.05, 3.63) is 64.7 Å². The van der Waals surface area contributed by atoms with Crippen molar-refractivity contribution in [1.82, 2.24) is 14.5 Å². The Hall–Kier alpha value is -2.53. The molecule has 1 aromatic heterocycles. The van der Waals surface area contributed by atoms with Crippen molar-refractivity contribution in [2.24, 2.45) is 0 Å². The second-order valence-electron chi connectivity index (χ2n) is 7.07. The van der Waals surface area contributed by atoms with Crippen molar-refractivity contribution >= 4 is 49.7 Å². The first kappa shape index (κ1) is 21.7. The quantitative estimate of drug-likeness (QED) is 0.567. The summed E-state index contributed by atoms with van der Waals surface area (Å²) < 4.78 is 27.2. The van der Waals surface area contributed by atoms with Gasteiger partial charge in [0.2, 0.25) is 9.47 Å². The molecule has 0 radical (unpaired) electrons. The van der Waals surface area contributed by atoms with Gasteiger partial charge in [-0.05, 0) is 37.3 Å². The average molecular weight is 478 g/mol. The van der Waals surface area contributed by atoms with E-state index in [9.17, 15) is 13.2 Å². The van der Waals surface area contributed by atoms with E-state index in [1.54, 1.807) is 24.3 Å². The second kappa shape index (κ2) is 8.91. The highest BCUT2D eigenvalue weighted by atomic mass is 35.5. The average Bonchev–Trinajstić information content (AvgIpc) is 3.23. The van der Waals surface area contributed by atoms with Gasteiger partial charge in [0, 0.05) is 42.5 Å². The van der Waals surface area contributed by atoms with E-state index < -0.39 is 10.0 Å². The number of rotatable bonds is 5. The van der Waals surface area contributed by atoms with Crippen LogP contribution in [-0.4, -0.2) is 55.0 Å². The fourth-order valence-corrected chi connectivity index (χ4v) is 5.93. The Bertz CT molecular complexity index is 1210. The Kier molecular flexibility index (Phi) is 6.24. The summed E-state index contributed by atoms with van der Waals surface area (Å²) in [5.41, 5.74) is 2.38. The highest BCUT2D eigenvalue weighted by molar-refractivity contribution is 7.91. The Morgan fingerprint density at radius 2 is 1.81 bits per heavy atom. The van der Waals surface area contributed by atoms with E-state index in [0.29, 0.717) is 36.8 Å². The molecule has 1 fully saturated rings. The predicted octanol–water partition coefficient (Wildman–Crippen LogP) is 3.26. The molecule has 3 aromatic rings. The predicted molar refractivity (Wildman–Crippen MR) is 121 cm³/mol. The summed E-state index contributed by atoms with van der Waals surface area (Å²) in [6.45, 7) is 3.60. The molecule has 0 saturated carbocycles. The van der Waals surface area contributed by atoms with E-state index in [1.165, 1.54) is 4.31 Å². The molecule has 1 amide bonds. The van der Waals surface area contributed by atoms with Crippen LogP contribution in [0.4, 0.5) is 10.8 Å². The van der Waals surface area contributed by atoms with Gasteiger partial charge < -0.3 is 4.90 Å². The highest BCUT2D eigenvalue weighted by Gasteiger charge is 2.32. The number of aromatic nitrogens is 2. The molecule has 8 nitrogen and oxygen atoms in total. The maximum absolute atomic E-state index is 13.0. The number of nitrogens with zero attached hydrogens (tertiary/aromatic N) is 4. The first-order valence-electron chi connectivity index (χ1n) is 9.55. The number of aryl methyl sites for hydroxylation is 1. The van der Waals surface area contributed by atoms with Crippen LogP contribution in [0.3, 0.4) is 0 Å². The number of nitrogens with one attached hydrogen (secondary N) is 1. The number of carbonyl (C=O) groups is 1. The van der Waals surface area contributed by atoms with Crippen molar-refractivity contribution in [2.45, 2.75) is 11.3 Å². The Morgan fingerprint density at radius 3 is 2.52 bits per heavy atom. The van der Waals surface area contributed by atoms with Crippen LogP contribution in [0.1, 0.15) is 15.9 Å². The molecule has 1 N–H and O–H groups in total. The van der Waals surface area contributed by atoms with Gasteiger partial charge in [-0.25, -0.2) is 8.42 Å². The molecule has 162 valence electrons. The first-order valence-corrected chi connectivity index (χ1v) is 12.2. The molecule has 31 heavy (non-hydrogen) atoms. The van der Waals surface area contributed by atoms with Crippen LogP contribution >= 0.6 is 22.9 Å². The van der Waals surface area contributed by atoms with Crippen LogP contribution in [0.5, 0.6) is 0 Å². The minimum atomic E-state index is -3.79. The van der Waals surface area contributed by atoms with Crippen LogP contribution < -0.4 is 10.2 Å². The summed E-state index contributed by atoms with van der Waals surface area (Å²) in [5.74, 6) is -0.362. The minimum absolute atomic E-state index is 0.136. The lowest BCUT2D eigenvalue weighted by Gasteiger charge is -2.34. The van der Waals surface area contributed by atoms with E-state index in [-0.39, 0.29) is 15.4 Å². The van der Waals surface area contributed by atoms with Crippen LogP contribution in [-0.2, 0) is 10.0 Å². The number of halogens is 1. The number of hydrogen-bond acceptors (Lipinski definition) is 7. The fraction of sp³-hybridized carbons (Fsp3) is 0.250. The molecule has 1 aliphatic rings. The molecule has 0 unspecified atom stereocenters. The lowest BCUT2D eigenvalue weighted by molar-refractivity contribution is 0.102. The molecule has 0 spiro atoms. The SMILES string of the molecule is Cc1cccc(C(=O)Nc2nnc(S(=O)(=O)N3CCN(c4cccc(Cl)c4)CC3)s2)c1. The van der Waals surface area contributed by atoms with Crippen LogP contribution in [0.2, 0.25) is 5.02 Å². The molecular weight excluding hydrogens is 458 g/mol. The summed E-state index contributed by atoms with van der Waals surface area (Å²) in [6, 6.07) is 14.6. The maximum Gasteiger partial charge on any atom is 0.272 e. The van der Waals surface area contributed by atoms with E-state index in [0.717, 1.165) is 22.6 Å². The summed E-state index contributed by atoms with van der Waals surface area (Å²) in [5, 5.41) is 11.1. The molecule has 1 aliphatic heterocycles. The zero-order chi connectivity index (χ0) is 22.0. The number of benzene rings is 2. The lowest BCUT2D eigenvalue weighted by Crippen LogP contribution is -2.48. The highest BCUT2D eigenvalue weighted by Crippen LogP contribution is 2.26. The lowest BCUT2D eigenvalue weighted by atomic mass is 10.1. The number of amides is 1. The van der Waals surface area contributed by atoms with Gasteiger partial charge in [0.25, 0.3) is 15.9 Å². The van der Waals surface area contributed by atoms with Gasteiger partial charge in [-0.3, -0.25) is 10.1 Å². The number of sulfonamides is 1. The first-order chi connectivity index (χ1) is 14.8. The van der Waals surface area contributed by atoms with Gasteiger partial charge in [0.1, 0.15) is 0 Å². The van der Waals surface area contributed by atoms with Crippen molar-refractivity contribution in [3.63, 3.8) is 0 Å². The molecule has 1 saturated heterocycles. The van der Waals surface area contributed by atoms with Crippen molar-refractivity contribution < 1.29 is 13.2 Å². The summed E-state index contributed by atoms with van der Waals surface area (Å²) in [6.07, 6.45) is 0. The molecule has 0 atom stereocenters. The zero-order valence-electron chi connectivity index (χ0n) is 16.7. The summed E-state index contributed by atoms with van der Waals surface area (Å²) >= 11 is 6.90. The topological polar surface area (TPSA) is 95.5 Å². The van der Waals surface area contributed by atoms with E-state index >= 15 is 0 Å². The van der Waals surface area contributed by atoms with Gasteiger partial charge in [-0.1, -0.05) is 46.7 Å². The van der Waals surface area contributed by atoms with Gasteiger partial charge >= 0.3 is 0 Å². The van der Waals surface area contributed by atoms with Gasteiger partial charge in [-0.2, -0.15) is 4.31 Å². The van der Waals surface area contributed by atoms with E-state index in [4.69, 9.17) is 11.6 Å². The number of anilines is 2. The molecule has 4 rings (SSSR count). The third-order valence-electron chi connectivity index (χ3n) is 4.88. The molecule has 0 aliphatic carbocycles. The number of hydrogen-bond donors (Lipinski definition) is 1. The van der Waals surface area contributed by atoms with Gasteiger partial charge in [0.15, 0.2) is 0 Å². The van der Waals surface area contributed by atoms with E-state index in [2.05, 4.69) is 20.4 Å². The standard InChI is InChI=1S/C20H20ClN5O3S2/c1-14-4-2-5-15(12-14)18(27)22-19-23-24-20(30-19)31(28,29)26-10-8-25(9-11-26)17-7-3-6-16(21)13-17/h2-7,12-13H,8-11H2,1H3,(H,22,23,27). The smallest absolute Gasteiger partial charge is 0.272 e. The Labute approximate surface area is 189 Å². The van der Waals surface area contributed by atoms with Crippen molar-refractivity contribution in [2.75, 3.05) is 36.4 Å². The molecule has 11 heteroatoms. The molecular formula is C20H20ClN5O3S2. The van der Waals surface area contributed by atoms with Crippen LogP contribution in [0.15, 0.2) is 52.9 Å². The Morgan fingerprint density at radius 1 is 1.06 bits per heavy atom. The van der Waals surface area contributed by atoms with Crippen molar-refractivity contribution in [1.29, 1.82) is 0 Å². The maximum atomic E-state index is 13.0. The third-order valence-corrected chi connectivity index (χ3v) is 8.20. The third kappa shape index (κ3) is 4.87. The minimum Gasteiger partial charge on any atom is -0.369 e. The molecule has 0 bridgehead atoms. The molecule has 2 aromatic carbocycles.